The van der Waals surface area contributed by atoms with E-state index in [2.05, 4.69) is 5.32 Å². The van der Waals surface area contributed by atoms with E-state index < -0.39 is 23.9 Å². The van der Waals surface area contributed by atoms with Crippen molar-refractivity contribution in [3.05, 3.63) is 59.7 Å². The lowest BCUT2D eigenvalue weighted by molar-refractivity contribution is -0.312. The molecule has 1 N–H and O–H groups in total. The monoisotopic (exact) mass is 439 g/mol. The van der Waals surface area contributed by atoms with E-state index in [0.29, 0.717) is 17.9 Å². The Bertz CT molecular complexity index is 1070. The normalized spacial score (nSPS) is 16.1. The maximum Gasteiger partial charge on any atom is 0.270 e. The fraction of sp³-hybridized carbons (Fsp3) is 0.182. The van der Waals surface area contributed by atoms with Gasteiger partial charge in [0.25, 0.3) is 11.8 Å². The quantitative estimate of drug-likeness (QED) is 0.395. The number of ether oxygens (including phenoxy) is 2. The Morgan fingerprint density at radius 1 is 1.19 bits per heavy atom. The highest BCUT2D eigenvalue weighted by Gasteiger charge is 2.34. The van der Waals surface area contributed by atoms with Crippen LogP contribution in [0.4, 0.5) is 5.69 Å². The first-order chi connectivity index (χ1) is 14.8. The summed E-state index contributed by atoms with van der Waals surface area (Å²) < 4.78 is 10.9. The minimum absolute atomic E-state index is 0.00614. The molecule has 8 nitrogen and oxygen atoms in total. The van der Waals surface area contributed by atoms with Gasteiger partial charge in [-0.25, -0.2) is 0 Å². The van der Waals surface area contributed by atoms with Crippen LogP contribution in [-0.2, 0) is 14.4 Å². The molecule has 2 amide bonds. The molecule has 1 fully saturated rings. The molecule has 160 valence electrons. The molecule has 1 aliphatic rings. The third-order valence-electron chi connectivity index (χ3n) is 4.33. The standard InChI is InChI=1S/C22H20N2O6S/c1-3-29-18-12-14(9-10-17(18)30-13(2)21(27)28)11-16-19(25)23-22(31)24(20(16)26)15-7-5-4-6-8-15/h4-13H,3H2,1-2H3,(H,27,28)(H,23,25,31)/p-1/b16-11-/t13-/m0/s1. The Hall–Kier alpha value is -3.72. The van der Waals surface area contributed by atoms with Gasteiger partial charge in [-0.05, 0) is 62.0 Å². The van der Waals surface area contributed by atoms with Gasteiger partial charge in [0.15, 0.2) is 16.6 Å². The number of carbonyl (C=O) groups is 3. The number of hydrogen-bond donors (Lipinski definition) is 1. The van der Waals surface area contributed by atoms with Crippen molar-refractivity contribution < 1.29 is 29.0 Å². The van der Waals surface area contributed by atoms with Gasteiger partial charge in [0, 0.05) is 0 Å². The van der Waals surface area contributed by atoms with Gasteiger partial charge in [-0.3, -0.25) is 19.8 Å². The third-order valence-corrected chi connectivity index (χ3v) is 4.61. The fourth-order valence-electron chi connectivity index (χ4n) is 2.85. The first-order valence-corrected chi connectivity index (χ1v) is 9.83. The Balaban J connectivity index is 1.96. The average molecular weight is 439 g/mol. The Morgan fingerprint density at radius 2 is 1.90 bits per heavy atom. The number of carboxylic acid groups (broad SMARTS) is 1. The topological polar surface area (TPSA) is 108 Å². The number of aliphatic carboxylic acids is 1. The second kappa shape index (κ2) is 9.40. The molecule has 0 bridgehead atoms. The minimum Gasteiger partial charge on any atom is -0.546 e. The lowest BCUT2D eigenvalue weighted by Crippen LogP contribution is -2.54. The van der Waals surface area contributed by atoms with Crippen LogP contribution in [0.2, 0.25) is 0 Å². The number of carbonyl (C=O) groups excluding carboxylic acids is 3. The second-order valence-corrected chi connectivity index (χ2v) is 6.90. The van der Waals surface area contributed by atoms with Gasteiger partial charge < -0.3 is 19.4 Å². The van der Waals surface area contributed by atoms with E-state index in [9.17, 15) is 19.5 Å². The highest BCUT2D eigenvalue weighted by Crippen LogP contribution is 2.31. The van der Waals surface area contributed by atoms with Gasteiger partial charge in [0.2, 0.25) is 0 Å². The Labute approximate surface area is 184 Å². The number of anilines is 1. The molecule has 1 heterocycles. The summed E-state index contributed by atoms with van der Waals surface area (Å²) in [6.07, 6.45) is 0.221. The first kappa shape index (κ1) is 22.0. The van der Waals surface area contributed by atoms with Gasteiger partial charge in [-0.1, -0.05) is 24.3 Å². The lowest BCUT2D eigenvalue weighted by Gasteiger charge is -2.28. The van der Waals surface area contributed by atoms with E-state index in [1.807, 2.05) is 0 Å². The molecular formula is C22H19N2O6S-. The molecule has 9 heteroatoms. The van der Waals surface area contributed by atoms with Gasteiger partial charge >= 0.3 is 0 Å². The summed E-state index contributed by atoms with van der Waals surface area (Å²) in [6.45, 7) is 3.40. The van der Waals surface area contributed by atoms with E-state index >= 15 is 0 Å². The molecule has 0 unspecified atom stereocenters. The predicted molar refractivity (Wildman–Crippen MR) is 115 cm³/mol. The molecule has 3 rings (SSSR count). The van der Waals surface area contributed by atoms with Gasteiger partial charge in [0.1, 0.15) is 11.7 Å². The van der Waals surface area contributed by atoms with E-state index in [0.717, 1.165) is 0 Å². The highest BCUT2D eigenvalue weighted by atomic mass is 32.1. The van der Waals surface area contributed by atoms with Crippen LogP contribution in [0.1, 0.15) is 19.4 Å². The Kier molecular flexibility index (Phi) is 6.66. The number of thiocarbonyl (C=S) groups is 1. The van der Waals surface area contributed by atoms with Crippen molar-refractivity contribution in [2.24, 2.45) is 0 Å². The largest absolute Gasteiger partial charge is 0.546 e. The summed E-state index contributed by atoms with van der Waals surface area (Å²) in [6, 6.07) is 13.4. The van der Waals surface area contributed by atoms with E-state index in [1.165, 1.54) is 24.0 Å². The maximum atomic E-state index is 13.0. The van der Waals surface area contributed by atoms with Crippen LogP contribution in [0.5, 0.6) is 11.5 Å². The van der Waals surface area contributed by atoms with Crippen molar-refractivity contribution in [3.8, 4) is 11.5 Å². The number of nitrogens with zero attached hydrogens (tertiary/aromatic N) is 1. The van der Waals surface area contributed by atoms with Crippen molar-refractivity contribution in [1.29, 1.82) is 0 Å². The minimum atomic E-state index is -1.37. The van der Waals surface area contributed by atoms with Crippen molar-refractivity contribution >= 4 is 46.9 Å². The molecule has 2 aromatic carbocycles. The van der Waals surface area contributed by atoms with Crippen LogP contribution in [0, 0.1) is 0 Å². The summed E-state index contributed by atoms with van der Waals surface area (Å²) in [5.74, 6) is -2.08. The average Bonchev–Trinajstić information content (AvgIpc) is 2.73. The van der Waals surface area contributed by atoms with Crippen LogP contribution in [-0.4, -0.2) is 35.6 Å². The zero-order valence-corrected chi connectivity index (χ0v) is 17.6. The van der Waals surface area contributed by atoms with Crippen molar-refractivity contribution in [2.45, 2.75) is 20.0 Å². The van der Waals surface area contributed by atoms with E-state index in [-0.39, 0.29) is 22.2 Å². The molecule has 0 aromatic heterocycles. The lowest BCUT2D eigenvalue weighted by atomic mass is 10.1. The number of carboxylic acids is 1. The molecule has 0 radical (unpaired) electrons. The second-order valence-electron chi connectivity index (χ2n) is 6.51. The molecule has 1 saturated heterocycles. The van der Waals surface area contributed by atoms with Crippen LogP contribution in [0.3, 0.4) is 0 Å². The SMILES string of the molecule is CCOc1cc(/C=C2/C(=O)NC(=S)N(c3ccccc3)C2=O)ccc1O[C@@H](C)C(=O)[O-]. The molecule has 31 heavy (non-hydrogen) atoms. The van der Waals surface area contributed by atoms with Crippen LogP contribution >= 0.6 is 12.2 Å². The van der Waals surface area contributed by atoms with Crippen LogP contribution in [0.15, 0.2) is 54.1 Å². The van der Waals surface area contributed by atoms with E-state index in [1.54, 1.807) is 49.4 Å². The molecule has 1 aliphatic heterocycles. The zero-order chi connectivity index (χ0) is 22.5. The number of amides is 2. The number of para-hydroxylation sites is 1. The maximum absolute atomic E-state index is 13.0. The third kappa shape index (κ3) is 4.89. The van der Waals surface area contributed by atoms with Crippen molar-refractivity contribution in [3.63, 3.8) is 0 Å². The van der Waals surface area contributed by atoms with Gasteiger partial charge in [-0.15, -0.1) is 0 Å². The molecule has 2 aromatic rings. The zero-order valence-electron chi connectivity index (χ0n) is 16.8. The van der Waals surface area contributed by atoms with Crippen LogP contribution in [0.25, 0.3) is 6.08 Å². The first-order valence-electron chi connectivity index (χ1n) is 9.42. The molecule has 0 spiro atoms. The summed E-state index contributed by atoms with van der Waals surface area (Å²) in [4.78, 5) is 37.7. The predicted octanol–water partition coefficient (Wildman–Crippen LogP) is 1.43. The summed E-state index contributed by atoms with van der Waals surface area (Å²) in [5.41, 5.74) is 0.895. The summed E-state index contributed by atoms with van der Waals surface area (Å²) in [7, 11) is 0. The fourth-order valence-corrected chi connectivity index (χ4v) is 3.14. The van der Waals surface area contributed by atoms with Crippen LogP contribution < -0.4 is 24.8 Å². The number of hydrogen-bond acceptors (Lipinski definition) is 7. The van der Waals surface area contributed by atoms with Gasteiger partial charge in [0.05, 0.1) is 18.3 Å². The molecule has 0 saturated carbocycles. The summed E-state index contributed by atoms with van der Waals surface area (Å²) in [5, 5.41) is 13.5. The molecule has 1 atom stereocenters. The molecular weight excluding hydrogens is 420 g/mol. The number of nitrogens with one attached hydrogen (secondary N) is 1. The smallest absolute Gasteiger partial charge is 0.270 e. The van der Waals surface area contributed by atoms with Crippen molar-refractivity contribution in [1.82, 2.24) is 5.32 Å². The highest BCUT2D eigenvalue weighted by molar-refractivity contribution is 7.80. The summed E-state index contributed by atoms with van der Waals surface area (Å²) >= 11 is 5.17. The van der Waals surface area contributed by atoms with Gasteiger partial charge in [-0.2, -0.15) is 0 Å². The number of rotatable bonds is 7. The van der Waals surface area contributed by atoms with Crippen molar-refractivity contribution in [2.75, 3.05) is 11.5 Å². The Morgan fingerprint density at radius 3 is 2.55 bits per heavy atom. The molecule has 0 aliphatic carbocycles. The van der Waals surface area contributed by atoms with E-state index in [4.69, 9.17) is 21.7 Å². The number of benzene rings is 2.